The molecule has 6 nitrogen and oxygen atoms in total. The van der Waals surface area contributed by atoms with E-state index in [1.165, 1.54) is 0 Å². The molecule has 1 saturated heterocycles. The first-order chi connectivity index (χ1) is 11.3. The summed E-state index contributed by atoms with van der Waals surface area (Å²) in [5.41, 5.74) is 0.467. The lowest BCUT2D eigenvalue weighted by Gasteiger charge is -2.31. The molecule has 130 valence electrons. The van der Waals surface area contributed by atoms with Crippen LogP contribution in [0.15, 0.2) is 14.9 Å². The van der Waals surface area contributed by atoms with Crippen LogP contribution in [0.3, 0.4) is 0 Å². The number of nitrogens with zero attached hydrogens (tertiary/aromatic N) is 3. The quantitative estimate of drug-likeness (QED) is 0.836. The first-order valence-electron chi connectivity index (χ1n) is 7.52. The molecule has 9 heteroatoms. The number of piperidine rings is 1. The lowest BCUT2D eigenvalue weighted by molar-refractivity contribution is -0.157. The van der Waals surface area contributed by atoms with Crippen LogP contribution in [0.1, 0.15) is 52.4 Å². The molecule has 0 N–H and O–H groups in total. The number of halogens is 3. The van der Waals surface area contributed by atoms with Gasteiger partial charge < -0.3 is 13.7 Å². The molecule has 0 bridgehead atoms. The molecule has 3 rings (SSSR count). The fourth-order valence-electron chi connectivity index (χ4n) is 2.89. The number of rotatable bonds is 2. The minimum atomic E-state index is -4.67. The summed E-state index contributed by atoms with van der Waals surface area (Å²) in [6.45, 7) is 4.22. The van der Waals surface area contributed by atoms with Gasteiger partial charge in [-0.25, -0.2) is 0 Å². The number of alkyl halides is 3. The first-order valence-corrected chi connectivity index (χ1v) is 7.52. The Kier molecular flexibility index (Phi) is 4.10. The lowest BCUT2D eigenvalue weighted by atomic mass is 9.97. The third-order valence-electron chi connectivity index (χ3n) is 4.01. The normalized spacial score (nSPS) is 18.9. The van der Waals surface area contributed by atoms with Gasteiger partial charge in [-0.2, -0.15) is 13.2 Å². The van der Waals surface area contributed by atoms with Crippen molar-refractivity contribution in [2.45, 2.75) is 38.8 Å². The van der Waals surface area contributed by atoms with E-state index in [1.807, 2.05) is 0 Å². The van der Waals surface area contributed by atoms with Crippen LogP contribution in [0.2, 0.25) is 0 Å². The molecule has 0 radical (unpaired) electrons. The average molecular weight is 343 g/mol. The summed E-state index contributed by atoms with van der Waals surface area (Å²) < 4.78 is 47.8. The summed E-state index contributed by atoms with van der Waals surface area (Å²) >= 11 is 0. The van der Waals surface area contributed by atoms with Crippen LogP contribution < -0.4 is 0 Å². The molecular formula is C15H16F3N3O3. The third kappa shape index (κ3) is 3.15. The number of aryl methyl sites for hydroxylation is 2. The van der Waals surface area contributed by atoms with Crippen LogP contribution in [0.5, 0.6) is 0 Å². The van der Waals surface area contributed by atoms with E-state index in [4.69, 9.17) is 8.83 Å². The minimum Gasteiger partial charge on any atom is -0.466 e. The number of carbonyl (C=O) groups is 1. The molecule has 1 aliphatic rings. The molecule has 2 aromatic rings. The summed E-state index contributed by atoms with van der Waals surface area (Å²) in [5.74, 6) is -0.890. The second kappa shape index (κ2) is 5.95. The SMILES string of the molecule is Cc1cc(C(=O)N2CCCC(c3nnc(C(F)(F)F)o3)C2)c(C)o1. The van der Waals surface area contributed by atoms with Gasteiger partial charge >= 0.3 is 12.1 Å². The molecule has 0 aliphatic carbocycles. The number of carbonyl (C=O) groups excluding carboxylic acids is 1. The van der Waals surface area contributed by atoms with Gasteiger partial charge in [0.2, 0.25) is 5.89 Å². The molecule has 0 aromatic carbocycles. The highest BCUT2D eigenvalue weighted by Crippen LogP contribution is 2.32. The average Bonchev–Trinajstić information content (AvgIpc) is 3.13. The monoisotopic (exact) mass is 343 g/mol. The molecule has 1 amide bonds. The van der Waals surface area contributed by atoms with E-state index in [9.17, 15) is 18.0 Å². The molecule has 1 aliphatic heterocycles. The molecule has 0 spiro atoms. The van der Waals surface area contributed by atoms with Gasteiger partial charge in [0.05, 0.1) is 11.5 Å². The highest BCUT2D eigenvalue weighted by Gasteiger charge is 2.39. The van der Waals surface area contributed by atoms with Crippen LogP contribution in [0, 0.1) is 13.8 Å². The number of furan rings is 1. The number of aromatic nitrogens is 2. The van der Waals surface area contributed by atoms with Crippen LogP contribution >= 0.6 is 0 Å². The van der Waals surface area contributed by atoms with Crippen LogP contribution in [-0.4, -0.2) is 34.1 Å². The molecule has 1 unspecified atom stereocenters. The summed E-state index contributed by atoms with van der Waals surface area (Å²) in [4.78, 5) is 14.2. The summed E-state index contributed by atoms with van der Waals surface area (Å²) in [7, 11) is 0. The van der Waals surface area contributed by atoms with Crippen molar-refractivity contribution < 1.29 is 26.8 Å². The molecule has 1 fully saturated rings. The van der Waals surface area contributed by atoms with Crippen molar-refractivity contribution in [3.8, 4) is 0 Å². The summed E-state index contributed by atoms with van der Waals surface area (Å²) in [6.07, 6.45) is -3.43. The zero-order valence-corrected chi connectivity index (χ0v) is 13.2. The Balaban J connectivity index is 1.76. The second-order valence-electron chi connectivity index (χ2n) is 5.86. The zero-order valence-electron chi connectivity index (χ0n) is 13.2. The van der Waals surface area contributed by atoms with E-state index in [0.717, 1.165) is 0 Å². The predicted octanol–water partition coefficient (Wildman–Crippen LogP) is 3.32. The number of hydrogen-bond acceptors (Lipinski definition) is 5. The van der Waals surface area contributed by atoms with E-state index < -0.39 is 18.0 Å². The van der Waals surface area contributed by atoms with Crippen molar-refractivity contribution in [3.63, 3.8) is 0 Å². The van der Waals surface area contributed by atoms with E-state index in [1.54, 1.807) is 24.8 Å². The largest absolute Gasteiger partial charge is 0.470 e. The fraction of sp³-hybridized carbons (Fsp3) is 0.533. The highest BCUT2D eigenvalue weighted by molar-refractivity contribution is 5.95. The molecule has 0 saturated carbocycles. The number of hydrogen-bond donors (Lipinski definition) is 0. The van der Waals surface area contributed by atoms with Crippen molar-refractivity contribution in [3.05, 3.63) is 34.9 Å². The van der Waals surface area contributed by atoms with Crippen molar-refractivity contribution in [1.29, 1.82) is 0 Å². The first kappa shape index (κ1) is 16.5. The molecule has 1 atom stereocenters. The summed E-state index contributed by atoms with van der Waals surface area (Å²) in [5, 5.41) is 6.55. The van der Waals surface area contributed by atoms with Crippen molar-refractivity contribution in [2.75, 3.05) is 13.1 Å². The standard InChI is InChI=1S/C15H16F3N3O3/c1-8-6-11(9(2)23-8)13(22)21-5-3-4-10(7-21)12-19-20-14(24-12)15(16,17)18/h6,10H,3-5,7H2,1-2H3. The van der Waals surface area contributed by atoms with E-state index in [-0.39, 0.29) is 18.3 Å². The van der Waals surface area contributed by atoms with Crippen LogP contribution in [-0.2, 0) is 6.18 Å². The van der Waals surface area contributed by atoms with Gasteiger partial charge in [0, 0.05) is 13.1 Å². The van der Waals surface area contributed by atoms with Gasteiger partial charge in [0.15, 0.2) is 0 Å². The third-order valence-corrected chi connectivity index (χ3v) is 4.01. The second-order valence-corrected chi connectivity index (χ2v) is 5.86. The molecule has 24 heavy (non-hydrogen) atoms. The predicted molar refractivity (Wildman–Crippen MR) is 75.4 cm³/mol. The Morgan fingerprint density at radius 2 is 2.04 bits per heavy atom. The summed E-state index contributed by atoms with van der Waals surface area (Å²) in [6, 6.07) is 1.66. The van der Waals surface area contributed by atoms with Gasteiger partial charge in [0.1, 0.15) is 11.5 Å². The Morgan fingerprint density at radius 1 is 1.29 bits per heavy atom. The van der Waals surface area contributed by atoms with E-state index in [2.05, 4.69) is 10.2 Å². The van der Waals surface area contributed by atoms with E-state index >= 15 is 0 Å². The Hall–Kier alpha value is -2.32. The van der Waals surface area contributed by atoms with Crippen molar-refractivity contribution in [1.82, 2.24) is 15.1 Å². The molecule has 3 heterocycles. The maximum absolute atomic E-state index is 12.6. The smallest absolute Gasteiger partial charge is 0.466 e. The van der Waals surface area contributed by atoms with Crippen LogP contribution in [0.25, 0.3) is 0 Å². The van der Waals surface area contributed by atoms with Crippen molar-refractivity contribution >= 4 is 5.91 Å². The molecular weight excluding hydrogens is 327 g/mol. The number of likely N-dealkylation sites (tertiary alicyclic amines) is 1. The van der Waals surface area contributed by atoms with Gasteiger partial charge in [-0.3, -0.25) is 4.79 Å². The maximum Gasteiger partial charge on any atom is 0.470 e. The van der Waals surface area contributed by atoms with Crippen LogP contribution in [0.4, 0.5) is 13.2 Å². The zero-order chi connectivity index (χ0) is 17.5. The fourth-order valence-corrected chi connectivity index (χ4v) is 2.89. The Labute approximate surface area is 135 Å². The Bertz CT molecular complexity index is 751. The maximum atomic E-state index is 12.6. The van der Waals surface area contributed by atoms with Gasteiger partial charge in [-0.15, -0.1) is 10.2 Å². The minimum absolute atomic E-state index is 0.0834. The topological polar surface area (TPSA) is 72.4 Å². The van der Waals surface area contributed by atoms with Crippen molar-refractivity contribution in [2.24, 2.45) is 0 Å². The van der Waals surface area contributed by atoms with Gasteiger partial charge in [-0.1, -0.05) is 0 Å². The Morgan fingerprint density at radius 3 is 2.62 bits per heavy atom. The highest BCUT2D eigenvalue weighted by atomic mass is 19.4. The van der Waals surface area contributed by atoms with E-state index in [0.29, 0.717) is 36.5 Å². The molecule has 2 aromatic heterocycles. The number of amides is 1. The lowest BCUT2D eigenvalue weighted by Crippen LogP contribution is -2.39. The van der Waals surface area contributed by atoms with Gasteiger partial charge in [0.25, 0.3) is 5.91 Å². The van der Waals surface area contributed by atoms with Gasteiger partial charge in [-0.05, 0) is 32.8 Å².